The van der Waals surface area contributed by atoms with Crippen LogP contribution in [0.4, 0.5) is 0 Å². The molecule has 0 aromatic rings. The van der Waals surface area contributed by atoms with Crippen LogP contribution in [0.3, 0.4) is 0 Å². The summed E-state index contributed by atoms with van der Waals surface area (Å²) in [6.45, 7) is 2.32. The van der Waals surface area contributed by atoms with Gasteiger partial charge in [0.25, 0.3) is 0 Å². The first-order chi connectivity index (χ1) is 4.61. The van der Waals surface area contributed by atoms with Gasteiger partial charge in [-0.15, -0.1) is 0 Å². The highest BCUT2D eigenvalue weighted by atomic mass is 31.2. The Morgan fingerprint density at radius 2 is 2.30 bits per heavy atom. The maximum absolute atomic E-state index is 11.1. The molecular formula is C6H14NO2P. The van der Waals surface area contributed by atoms with E-state index in [0.29, 0.717) is 0 Å². The van der Waals surface area contributed by atoms with Crippen LogP contribution >= 0.6 is 7.37 Å². The molecule has 4 heteroatoms. The number of hydrogen-bond acceptors (Lipinski definition) is 2. The lowest BCUT2D eigenvalue weighted by Gasteiger charge is -2.25. The first-order valence-electron chi connectivity index (χ1n) is 3.64. The van der Waals surface area contributed by atoms with Gasteiger partial charge < -0.3 is 10.2 Å². The van der Waals surface area contributed by atoms with Crippen LogP contribution < -0.4 is 5.32 Å². The molecule has 60 valence electrons. The van der Waals surface area contributed by atoms with Crippen molar-refractivity contribution in [1.29, 1.82) is 0 Å². The Balaban J connectivity index is 2.47. The van der Waals surface area contributed by atoms with Crippen LogP contribution in [0.15, 0.2) is 0 Å². The predicted molar refractivity (Wildman–Crippen MR) is 41.4 cm³/mol. The van der Waals surface area contributed by atoms with Crippen molar-refractivity contribution in [2.75, 3.05) is 13.2 Å². The maximum atomic E-state index is 11.1. The molecule has 1 saturated heterocycles. The van der Waals surface area contributed by atoms with E-state index in [0.717, 1.165) is 25.8 Å². The Hall–Kier alpha value is 0.150. The molecule has 0 amide bonds. The van der Waals surface area contributed by atoms with Crippen molar-refractivity contribution in [1.82, 2.24) is 5.32 Å². The quantitative estimate of drug-likeness (QED) is 0.566. The van der Waals surface area contributed by atoms with Gasteiger partial charge in [0.2, 0.25) is 7.37 Å². The van der Waals surface area contributed by atoms with Crippen LogP contribution in [0.1, 0.15) is 19.3 Å². The zero-order valence-electron chi connectivity index (χ0n) is 6.21. The lowest BCUT2D eigenvalue weighted by Crippen LogP contribution is -2.33. The van der Waals surface area contributed by atoms with E-state index in [4.69, 9.17) is 4.89 Å². The molecule has 0 aromatic carbocycles. The number of piperidine rings is 1. The average molecular weight is 163 g/mol. The van der Waals surface area contributed by atoms with E-state index in [-0.39, 0.29) is 5.78 Å². The van der Waals surface area contributed by atoms with Crippen molar-refractivity contribution in [2.45, 2.75) is 25.0 Å². The number of hydrogen-bond donors (Lipinski definition) is 2. The van der Waals surface area contributed by atoms with Crippen molar-refractivity contribution in [3.63, 3.8) is 0 Å². The highest BCUT2D eigenvalue weighted by Crippen LogP contribution is 2.43. The first kappa shape index (κ1) is 8.25. The number of nitrogens with one attached hydrogen (secondary N) is 1. The minimum Gasteiger partial charge on any atom is -0.343 e. The minimum atomic E-state index is -2.85. The van der Waals surface area contributed by atoms with Crippen molar-refractivity contribution >= 4 is 7.37 Å². The van der Waals surface area contributed by atoms with Gasteiger partial charge in [-0.1, -0.05) is 6.42 Å². The molecule has 10 heavy (non-hydrogen) atoms. The van der Waals surface area contributed by atoms with Gasteiger partial charge in [0.05, 0.1) is 5.78 Å². The summed E-state index contributed by atoms with van der Waals surface area (Å²) in [5.74, 6) is -0.138. The Labute approximate surface area is 61.3 Å². The molecule has 2 N–H and O–H groups in total. The summed E-state index contributed by atoms with van der Waals surface area (Å²) < 4.78 is 11.1. The van der Waals surface area contributed by atoms with Crippen molar-refractivity contribution in [3.05, 3.63) is 0 Å². The Kier molecular flexibility index (Phi) is 2.50. The fourth-order valence-electron chi connectivity index (χ4n) is 1.24. The second-order valence-electron chi connectivity index (χ2n) is 2.91. The van der Waals surface area contributed by atoms with Crippen LogP contribution in [-0.2, 0) is 4.57 Å². The van der Waals surface area contributed by atoms with Gasteiger partial charge in [-0.25, -0.2) is 0 Å². The van der Waals surface area contributed by atoms with Crippen LogP contribution in [0.25, 0.3) is 0 Å². The standard InChI is InChI=1S/C6H14NO2P/c1-10(8,9)6-4-2-3-5-7-6/h6-7H,2-5H2,1H3,(H,8,9)/t6-/m0/s1. The van der Waals surface area contributed by atoms with E-state index in [1.165, 1.54) is 6.66 Å². The van der Waals surface area contributed by atoms with Crippen molar-refractivity contribution in [3.8, 4) is 0 Å². The molecule has 1 rings (SSSR count). The van der Waals surface area contributed by atoms with Crippen LogP contribution in [0, 0.1) is 0 Å². The molecule has 1 aliphatic rings. The van der Waals surface area contributed by atoms with E-state index >= 15 is 0 Å². The van der Waals surface area contributed by atoms with E-state index in [9.17, 15) is 4.57 Å². The lowest BCUT2D eigenvalue weighted by atomic mass is 10.2. The third-order valence-corrected chi connectivity index (χ3v) is 3.46. The average Bonchev–Trinajstić information content (AvgIpc) is 1.88. The van der Waals surface area contributed by atoms with Gasteiger partial charge in [-0.3, -0.25) is 4.57 Å². The highest BCUT2D eigenvalue weighted by molar-refractivity contribution is 7.57. The smallest absolute Gasteiger partial charge is 0.214 e. The molecule has 1 heterocycles. The monoisotopic (exact) mass is 163 g/mol. The second kappa shape index (κ2) is 3.04. The molecule has 0 aromatic heterocycles. The van der Waals surface area contributed by atoms with E-state index in [2.05, 4.69) is 5.32 Å². The molecule has 0 spiro atoms. The summed E-state index contributed by atoms with van der Waals surface area (Å²) in [5, 5.41) is 3.05. The summed E-state index contributed by atoms with van der Waals surface area (Å²) in [5.41, 5.74) is 0. The van der Waals surface area contributed by atoms with Crippen LogP contribution in [0.5, 0.6) is 0 Å². The summed E-state index contributed by atoms with van der Waals surface area (Å²) in [7, 11) is -2.85. The molecule has 2 atom stereocenters. The van der Waals surface area contributed by atoms with Gasteiger partial charge in [-0.05, 0) is 19.4 Å². The Morgan fingerprint density at radius 3 is 2.60 bits per heavy atom. The van der Waals surface area contributed by atoms with Crippen molar-refractivity contribution in [2.24, 2.45) is 0 Å². The van der Waals surface area contributed by atoms with Crippen molar-refractivity contribution < 1.29 is 9.46 Å². The van der Waals surface area contributed by atoms with E-state index < -0.39 is 7.37 Å². The summed E-state index contributed by atoms with van der Waals surface area (Å²) in [4.78, 5) is 9.14. The van der Waals surface area contributed by atoms with E-state index in [1.807, 2.05) is 0 Å². The zero-order valence-corrected chi connectivity index (χ0v) is 7.10. The number of rotatable bonds is 1. The molecule has 0 bridgehead atoms. The predicted octanol–water partition coefficient (Wildman–Crippen LogP) is 0.986. The summed E-state index contributed by atoms with van der Waals surface area (Å²) in [6, 6.07) is 0. The largest absolute Gasteiger partial charge is 0.343 e. The van der Waals surface area contributed by atoms with E-state index in [1.54, 1.807) is 0 Å². The van der Waals surface area contributed by atoms with Crippen LogP contribution in [-0.4, -0.2) is 23.9 Å². The molecule has 0 radical (unpaired) electrons. The first-order valence-corrected chi connectivity index (χ1v) is 5.81. The molecule has 0 saturated carbocycles. The van der Waals surface area contributed by atoms with Gasteiger partial charge in [0.15, 0.2) is 0 Å². The fourth-order valence-corrected chi connectivity index (χ4v) is 2.37. The zero-order chi connectivity index (χ0) is 7.61. The third-order valence-electron chi connectivity index (χ3n) is 1.86. The summed E-state index contributed by atoms with van der Waals surface area (Å²) >= 11 is 0. The lowest BCUT2D eigenvalue weighted by molar-refractivity contribution is 0.411. The molecule has 1 aliphatic heterocycles. The summed E-state index contributed by atoms with van der Waals surface area (Å²) in [6.07, 6.45) is 3.07. The molecule has 3 nitrogen and oxygen atoms in total. The molecule has 0 aliphatic carbocycles. The van der Waals surface area contributed by atoms with Crippen LogP contribution in [0.2, 0.25) is 0 Å². The second-order valence-corrected chi connectivity index (χ2v) is 5.42. The SMILES string of the molecule is CP(=O)(O)[C@H]1CCCCN1. The van der Waals surface area contributed by atoms with Gasteiger partial charge in [0.1, 0.15) is 0 Å². The maximum Gasteiger partial charge on any atom is 0.214 e. The Morgan fingerprint density at radius 1 is 1.60 bits per heavy atom. The molecule has 1 unspecified atom stereocenters. The highest BCUT2D eigenvalue weighted by Gasteiger charge is 2.26. The Bertz CT molecular complexity index is 148. The van der Waals surface area contributed by atoms with Gasteiger partial charge in [-0.2, -0.15) is 0 Å². The fraction of sp³-hybridized carbons (Fsp3) is 1.00. The third kappa shape index (κ3) is 2.08. The topological polar surface area (TPSA) is 49.3 Å². The molecule has 1 fully saturated rings. The molecular weight excluding hydrogens is 149 g/mol. The minimum absolute atomic E-state index is 0.138. The van der Waals surface area contributed by atoms with Gasteiger partial charge >= 0.3 is 0 Å². The van der Waals surface area contributed by atoms with Gasteiger partial charge in [0, 0.05) is 6.66 Å². The normalized spacial score (nSPS) is 33.2.